The molecule has 0 atom stereocenters. The molecule has 128 valence electrons. The zero-order valence-corrected chi connectivity index (χ0v) is 14.1. The third kappa shape index (κ3) is 2.48. The second-order valence-electron chi connectivity index (χ2n) is 6.01. The number of fused-ring (bicyclic) bond motifs is 2. The molecule has 0 aliphatic carbocycles. The Morgan fingerprint density at radius 1 is 1.15 bits per heavy atom. The van der Waals surface area contributed by atoms with Crippen LogP contribution in [-0.2, 0) is 4.79 Å². The van der Waals surface area contributed by atoms with E-state index in [0.717, 1.165) is 27.5 Å². The summed E-state index contributed by atoms with van der Waals surface area (Å²) in [6.45, 7) is 1.48. The minimum Gasteiger partial charge on any atom is -0.366 e. The van der Waals surface area contributed by atoms with Crippen LogP contribution in [0, 0.1) is 0 Å². The lowest BCUT2D eigenvalue weighted by molar-refractivity contribution is -0.112. The van der Waals surface area contributed by atoms with E-state index < -0.39 is 5.91 Å². The number of aromatic nitrogens is 3. The fourth-order valence-corrected chi connectivity index (χ4v) is 3.19. The number of aromatic amines is 1. The monoisotopic (exact) mass is 344 g/mol. The summed E-state index contributed by atoms with van der Waals surface area (Å²) in [4.78, 5) is 31.5. The van der Waals surface area contributed by atoms with Crippen molar-refractivity contribution in [1.82, 2.24) is 14.5 Å². The largest absolute Gasteiger partial charge is 0.366 e. The molecule has 0 fully saturated rings. The van der Waals surface area contributed by atoms with Crippen LogP contribution < -0.4 is 5.73 Å². The molecule has 0 spiro atoms. The summed E-state index contributed by atoms with van der Waals surface area (Å²) in [5, 5.41) is 1.69. The molecule has 3 N–H and O–H groups in total. The highest BCUT2D eigenvalue weighted by atomic mass is 16.2. The number of benzene rings is 1. The molecule has 6 heteroatoms. The third-order valence-corrected chi connectivity index (χ3v) is 4.39. The normalized spacial score (nSPS) is 12.0. The molecular formula is C20H16N4O2. The van der Waals surface area contributed by atoms with Crippen LogP contribution in [0.15, 0.2) is 55.0 Å². The molecule has 4 aromatic rings. The Hall–Kier alpha value is -3.67. The first kappa shape index (κ1) is 15.8. The van der Waals surface area contributed by atoms with E-state index in [1.165, 1.54) is 11.5 Å². The van der Waals surface area contributed by atoms with Crippen molar-refractivity contribution in [3.05, 3.63) is 66.1 Å². The molecule has 0 bridgehead atoms. The summed E-state index contributed by atoms with van der Waals surface area (Å²) in [7, 11) is 0. The lowest BCUT2D eigenvalue weighted by atomic mass is 10.0. The lowest BCUT2D eigenvalue weighted by Gasteiger charge is -2.02. The zero-order valence-electron chi connectivity index (χ0n) is 14.1. The Labute approximate surface area is 148 Å². The number of H-pyrrole nitrogens is 1. The van der Waals surface area contributed by atoms with Gasteiger partial charge >= 0.3 is 0 Å². The first-order chi connectivity index (χ1) is 12.6. The maximum atomic E-state index is 12.2. The molecule has 0 aliphatic rings. The first-order valence-electron chi connectivity index (χ1n) is 8.11. The second kappa shape index (κ2) is 6.00. The number of pyridine rings is 1. The molecule has 0 aliphatic heterocycles. The van der Waals surface area contributed by atoms with Crippen molar-refractivity contribution in [2.24, 2.45) is 5.73 Å². The third-order valence-electron chi connectivity index (χ3n) is 4.39. The molecule has 3 heterocycles. The minimum atomic E-state index is -0.560. The van der Waals surface area contributed by atoms with Crippen molar-refractivity contribution in [3.63, 3.8) is 0 Å². The van der Waals surface area contributed by atoms with Gasteiger partial charge in [0.05, 0.1) is 5.52 Å². The summed E-state index contributed by atoms with van der Waals surface area (Å²) in [6, 6.07) is 11.2. The first-order valence-corrected chi connectivity index (χ1v) is 8.11. The summed E-state index contributed by atoms with van der Waals surface area (Å²) < 4.78 is 1.53. The van der Waals surface area contributed by atoms with Gasteiger partial charge in [0.1, 0.15) is 5.65 Å². The van der Waals surface area contributed by atoms with E-state index in [9.17, 15) is 9.59 Å². The van der Waals surface area contributed by atoms with Gasteiger partial charge < -0.3 is 10.7 Å². The number of rotatable bonds is 3. The maximum Gasteiger partial charge on any atom is 0.249 e. The summed E-state index contributed by atoms with van der Waals surface area (Å²) in [6.07, 6.45) is 6.87. The number of nitrogens with two attached hydrogens (primary N) is 1. The Balaban J connectivity index is 1.98. The Kier molecular flexibility index (Phi) is 3.65. The van der Waals surface area contributed by atoms with Crippen LogP contribution in [0.25, 0.3) is 33.6 Å². The fourth-order valence-electron chi connectivity index (χ4n) is 3.19. The molecule has 3 aromatic heterocycles. The van der Waals surface area contributed by atoms with Crippen molar-refractivity contribution in [2.45, 2.75) is 6.92 Å². The van der Waals surface area contributed by atoms with Crippen molar-refractivity contribution in [2.75, 3.05) is 0 Å². The number of nitrogens with zero attached hydrogens (tertiary/aromatic N) is 2. The predicted molar refractivity (Wildman–Crippen MR) is 101 cm³/mol. The van der Waals surface area contributed by atoms with E-state index in [1.807, 2.05) is 36.4 Å². The van der Waals surface area contributed by atoms with Gasteiger partial charge in [0.25, 0.3) is 0 Å². The van der Waals surface area contributed by atoms with Crippen LogP contribution in [0.1, 0.15) is 22.8 Å². The maximum absolute atomic E-state index is 12.2. The number of nitrogens with one attached hydrogen (secondary N) is 1. The highest BCUT2D eigenvalue weighted by Gasteiger charge is 2.18. The van der Waals surface area contributed by atoms with Gasteiger partial charge in [0, 0.05) is 53.0 Å². The van der Waals surface area contributed by atoms with Gasteiger partial charge in [-0.25, -0.2) is 4.98 Å². The van der Waals surface area contributed by atoms with Crippen molar-refractivity contribution in [3.8, 4) is 0 Å². The van der Waals surface area contributed by atoms with E-state index in [4.69, 9.17) is 5.73 Å². The smallest absolute Gasteiger partial charge is 0.249 e. The number of carbonyl (C=O) groups is 2. The molecule has 0 saturated heterocycles. The minimum absolute atomic E-state index is 0.132. The molecule has 0 radical (unpaired) electrons. The molecule has 6 nitrogen and oxygen atoms in total. The highest BCUT2D eigenvalue weighted by Crippen LogP contribution is 2.30. The summed E-state index contributed by atoms with van der Waals surface area (Å²) in [5.74, 6) is -0.692. The van der Waals surface area contributed by atoms with Crippen LogP contribution in [0.4, 0.5) is 0 Å². The van der Waals surface area contributed by atoms with Gasteiger partial charge in [-0.05, 0) is 24.3 Å². The van der Waals surface area contributed by atoms with E-state index in [0.29, 0.717) is 11.1 Å². The quantitative estimate of drug-likeness (QED) is 0.559. The number of para-hydroxylation sites is 1. The highest BCUT2D eigenvalue weighted by molar-refractivity contribution is 6.27. The van der Waals surface area contributed by atoms with Crippen LogP contribution in [0.3, 0.4) is 0 Å². The van der Waals surface area contributed by atoms with E-state index in [-0.39, 0.29) is 5.91 Å². The van der Waals surface area contributed by atoms with Crippen LogP contribution in [-0.4, -0.2) is 26.3 Å². The zero-order chi connectivity index (χ0) is 18.3. The number of hydrogen-bond donors (Lipinski definition) is 2. The molecule has 26 heavy (non-hydrogen) atoms. The van der Waals surface area contributed by atoms with Gasteiger partial charge in [-0.1, -0.05) is 18.2 Å². The van der Waals surface area contributed by atoms with Gasteiger partial charge in [0.2, 0.25) is 11.8 Å². The number of primary amides is 1. The van der Waals surface area contributed by atoms with E-state index in [2.05, 4.69) is 9.97 Å². The summed E-state index contributed by atoms with van der Waals surface area (Å²) in [5.41, 5.74) is 8.92. The number of amides is 1. The van der Waals surface area contributed by atoms with Crippen LogP contribution in [0.5, 0.6) is 0 Å². The van der Waals surface area contributed by atoms with Gasteiger partial charge in [-0.3, -0.25) is 14.2 Å². The SMILES string of the molecule is CC(=O)n1cc(C(=Cc2c[nH]c3ncccc23)C(N)=O)c2ccccc21. The Morgan fingerprint density at radius 3 is 2.69 bits per heavy atom. The Morgan fingerprint density at radius 2 is 1.92 bits per heavy atom. The van der Waals surface area contributed by atoms with Gasteiger partial charge in [0.15, 0.2) is 0 Å². The van der Waals surface area contributed by atoms with Gasteiger partial charge in [-0.15, -0.1) is 0 Å². The Bertz CT molecular complexity index is 1200. The predicted octanol–water partition coefficient (Wildman–Crippen LogP) is 3.20. The molecular weight excluding hydrogens is 328 g/mol. The lowest BCUT2D eigenvalue weighted by Crippen LogP contribution is -2.13. The topological polar surface area (TPSA) is 93.8 Å². The van der Waals surface area contributed by atoms with E-state index >= 15 is 0 Å². The molecule has 1 amide bonds. The molecule has 0 saturated carbocycles. The molecule has 0 unspecified atom stereocenters. The fraction of sp³-hybridized carbons (Fsp3) is 0.0500. The van der Waals surface area contributed by atoms with Crippen molar-refractivity contribution in [1.29, 1.82) is 0 Å². The average Bonchev–Trinajstić information content (AvgIpc) is 3.21. The second-order valence-corrected chi connectivity index (χ2v) is 6.01. The number of hydrogen-bond acceptors (Lipinski definition) is 3. The standard InChI is InChI=1S/C20H16N4O2/c1-12(25)24-11-17(15-5-2-3-7-18(15)24)16(19(21)26)9-13-10-23-20-14(13)6-4-8-22-20/h2-11H,1H3,(H2,21,26)(H,22,23). The molecule has 4 rings (SSSR count). The summed E-state index contributed by atoms with van der Waals surface area (Å²) >= 11 is 0. The van der Waals surface area contributed by atoms with Crippen molar-refractivity contribution >= 4 is 45.4 Å². The van der Waals surface area contributed by atoms with Gasteiger partial charge in [-0.2, -0.15) is 0 Å². The number of carbonyl (C=O) groups excluding carboxylic acids is 2. The molecule has 1 aromatic carbocycles. The average molecular weight is 344 g/mol. The van der Waals surface area contributed by atoms with Crippen LogP contribution >= 0.6 is 0 Å². The van der Waals surface area contributed by atoms with E-state index in [1.54, 1.807) is 24.7 Å². The van der Waals surface area contributed by atoms with Crippen molar-refractivity contribution < 1.29 is 9.59 Å². The van der Waals surface area contributed by atoms with Crippen LogP contribution in [0.2, 0.25) is 0 Å².